The highest BCUT2D eigenvalue weighted by Gasteiger charge is 2.26. The highest BCUT2D eigenvalue weighted by molar-refractivity contribution is 7.14. The molecule has 0 saturated carbocycles. The molecule has 0 aromatic carbocycles. The number of aromatic nitrogens is 2. The fourth-order valence-electron chi connectivity index (χ4n) is 3.72. The van der Waals surface area contributed by atoms with Crippen molar-refractivity contribution in [3.63, 3.8) is 0 Å². The maximum Gasteiger partial charge on any atom is 0.264 e. The van der Waals surface area contributed by atoms with Crippen LogP contribution in [-0.2, 0) is 12.8 Å². The van der Waals surface area contributed by atoms with Crippen molar-refractivity contribution in [2.24, 2.45) is 0 Å². The normalized spacial score (nSPS) is 17.1. The maximum absolute atomic E-state index is 12.8. The van der Waals surface area contributed by atoms with Crippen LogP contribution in [0.3, 0.4) is 0 Å². The molecule has 0 bridgehead atoms. The molecule has 1 aliphatic carbocycles. The monoisotopic (exact) mass is 370 g/mol. The average molecular weight is 371 g/mol. The molecule has 0 radical (unpaired) electrons. The van der Waals surface area contributed by atoms with Crippen molar-refractivity contribution in [3.05, 3.63) is 39.0 Å². The molecule has 0 unspecified atom stereocenters. The standard InChI is InChI=1S/C20H26N4OS/c1-13(2)19-21-14(3)11-18(22-19)23-7-9-24(10-8-23)20(25)17-12-15-5-4-6-16(15)26-17/h11-13H,4-10H2,1-3H3. The van der Waals surface area contributed by atoms with Gasteiger partial charge in [0, 0.05) is 48.7 Å². The fraction of sp³-hybridized carbons (Fsp3) is 0.550. The average Bonchev–Trinajstić information content (AvgIpc) is 3.22. The lowest BCUT2D eigenvalue weighted by atomic mass is 10.2. The van der Waals surface area contributed by atoms with E-state index in [1.807, 2.05) is 17.9 Å². The van der Waals surface area contributed by atoms with E-state index in [4.69, 9.17) is 4.98 Å². The van der Waals surface area contributed by atoms with Crippen LogP contribution in [0.4, 0.5) is 5.82 Å². The van der Waals surface area contributed by atoms with Gasteiger partial charge in [-0.25, -0.2) is 9.97 Å². The van der Waals surface area contributed by atoms with Gasteiger partial charge in [0.15, 0.2) is 0 Å². The quantitative estimate of drug-likeness (QED) is 0.831. The molecule has 1 saturated heterocycles. The number of aryl methyl sites for hydroxylation is 3. The van der Waals surface area contributed by atoms with Crippen LogP contribution in [0.1, 0.15) is 57.8 Å². The van der Waals surface area contributed by atoms with E-state index in [1.165, 1.54) is 16.9 Å². The fourth-order valence-corrected chi connectivity index (χ4v) is 4.95. The van der Waals surface area contributed by atoms with Crippen LogP contribution in [0.5, 0.6) is 0 Å². The van der Waals surface area contributed by atoms with Gasteiger partial charge in [-0.3, -0.25) is 4.79 Å². The number of rotatable bonds is 3. The summed E-state index contributed by atoms with van der Waals surface area (Å²) in [6.45, 7) is 9.41. The Kier molecular flexibility index (Phi) is 4.69. The lowest BCUT2D eigenvalue weighted by Gasteiger charge is -2.35. The number of nitrogens with zero attached hydrogens (tertiary/aromatic N) is 4. The lowest BCUT2D eigenvalue weighted by Crippen LogP contribution is -2.49. The summed E-state index contributed by atoms with van der Waals surface area (Å²) in [5.41, 5.74) is 2.40. The van der Waals surface area contributed by atoms with Crippen molar-refractivity contribution in [1.82, 2.24) is 14.9 Å². The summed E-state index contributed by atoms with van der Waals surface area (Å²) < 4.78 is 0. The van der Waals surface area contributed by atoms with Crippen molar-refractivity contribution in [2.75, 3.05) is 31.1 Å². The van der Waals surface area contributed by atoms with Crippen LogP contribution in [0.25, 0.3) is 0 Å². The van der Waals surface area contributed by atoms with Gasteiger partial charge >= 0.3 is 0 Å². The predicted molar refractivity (Wildman–Crippen MR) is 105 cm³/mol. The molecule has 2 aromatic rings. The number of thiophene rings is 1. The molecule has 2 aliphatic rings. The number of piperazine rings is 1. The topological polar surface area (TPSA) is 49.3 Å². The number of fused-ring (bicyclic) bond motifs is 1. The van der Waals surface area contributed by atoms with Crippen molar-refractivity contribution >= 4 is 23.1 Å². The molecule has 5 nitrogen and oxygen atoms in total. The van der Waals surface area contributed by atoms with Gasteiger partial charge in [-0.1, -0.05) is 13.8 Å². The van der Waals surface area contributed by atoms with Crippen LogP contribution >= 0.6 is 11.3 Å². The Morgan fingerprint density at radius 3 is 2.58 bits per heavy atom. The molecule has 1 fully saturated rings. The Labute approximate surface area is 159 Å². The Hall–Kier alpha value is -1.95. The molecule has 1 amide bonds. The number of carbonyl (C=O) groups is 1. The molecule has 6 heteroatoms. The highest BCUT2D eigenvalue weighted by Crippen LogP contribution is 2.31. The van der Waals surface area contributed by atoms with E-state index in [-0.39, 0.29) is 5.91 Å². The summed E-state index contributed by atoms with van der Waals surface area (Å²) in [6, 6.07) is 4.18. The molecule has 0 N–H and O–H groups in total. The largest absolute Gasteiger partial charge is 0.353 e. The molecule has 2 aromatic heterocycles. The number of carbonyl (C=O) groups excluding carboxylic acids is 1. The summed E-state index contributed by atoms with van der Waals surface area (Å²) in [7, 11) is 0. The van der Waals surface area contributed by atoms with E-state index < -0.39 is 0 Å². The van der Waals surface area contributed by atoms with Crippen molar-refractivity contribution in [1.29, 1.82) is 0 Å². The molecule has 1 aliphatic heterocycles. The highest BCUT2D eigenvalue weighted by atomic mass is 32.1. The van der Waals surface area contributed by atoms with E-state index in [1.54, 1.807) is 11.3 Å². The molecule has 4 rings (SSSR count). The van der Waals surface area contributed by atoms with Gasteiger partial charge in [-0.2, -0.15) is 0 Å². The van der Waals surface area contributed by atoms with Crippen molar-refractivity contribution < 1.29 is 4.79 Å². The third-order valence-corrected chi connectivity index (χ3v) is 6.45. The number of amides is 1. The van der Waals surface area contributed by atoms with Gasteiger partial charge in [0.2, 0.25) is 0 Å². The minimum Gasteiger partial charge on any atom is -0.353 e. The zero-order valence-electron chi connectivity index (χ0n) is 15.8. The van der Waals surface area contributed by atoms with E-state index >= 15 is 0 Å². The molecule has 0 spiro atoms. The Bertz CT molecular complexity index is 800. The zero-order chi connectivity index (χ0) is 18.3. The smallest absolute Gasteiger partial charge is 0.264 e. The second kappa shape index (κ2) is 6.99. The summed E-state index contributed by atoms with van der Waals surface area (Å²) in [6.07, 6.45) is 3.52. The number of anilines is 1. The van der Waals surface area contributed by atoms with Crippen molar-refractivity contribution in [3.8, 4) is 0 Å². The molecular weight excluding hydrogens is 344 g/mol. The van der Waals surface area contributed by atoms with E-state index in [0.717, 1.165) is 61.2 Å². The van der Waals surface area contributed by atoms with Crippen LogP contribution < -0.4 is 4.90 Å². The van der Waals surface area contributed by atoms with Crippen LogP contribution in [0.2, 0.25) is 0 Å². The molecule has 3 heterocycles. The Morgan fingerprint density at radius 1 is 1.12 bits per heavy atom. The molecule has 138 valence electrons. The summed E-state index contributed by atoms with van der Waals surface area (Å²) >= 11 is 1.70. The van der Waals surface area contributed by atoms with Gasteiger partial charge < -0.3 is 9.80 Å². The van der Waals surface area contributed by atoms with Crippen molar-refractivity contribution in [2.45, 2.75) is 46.0 Å². The molecule has 26 heavy (non-hydrogen) atoms. The van der Waals surface area contributed by atoms with Crippen LogP contribution in [0, 0.1) is 6.92 Å². The van der Waals surface area contributed by atoms with Gasteiger partial charge in [-0.05, 0) is 37.8 Å². The van der Waals surface area contributed by atoms with Gasteiger partial charge in [0.05, 0.1) is 4.88 Å². The van der Waals surface area contributed by atoms with Crippen LogP contribution in [-0.4, -0.2) is 47.0 Å². The number of hydrogen-bond donors (Lipinski definition) is 0. The van der Waals surface area contributed by atoms with E-state index in [2.05, 4.69) is 29.8 Å². The summed E-state index contributed by atoms with van der Waals surface area (Å²) in [4.78, 5) is 28.7. The Morgan fingerprint density at radius 2 is 1.88 bits per heavy atom. The third-order valence-electron chi connectivity index (χ3n) is 5.22. The SMILES string of the molecule is Cc1cc(N2CCN(C(=O)c3cc4c(s3)CCC4)CC2)nc(C(C)C)n1. The molecule has 0 atom stereocenters. The second-order valence-corrected chi connectivity index (χ2v) is 8.71. The van der Waals surface area contributed by atoms with Crippen LogP contribution in [0.15, 0.2) is 12.1 Å². The van der Waals surface area contributed by atoms with Gasteiger partial charge in [-0.15, -0.1) is 11.3 Å². The Balaban J connectivity index is 1.43. The third kappa shape index (κ3) is 3.34. The predicted octanol–water partition coefficient (Wildman–Crippen LogP) is 3.42. The first kappa shape index (κ1) is 17.5. The minimum absolute atomic E-state index is 0.200. The summed E-state index contributed by atoms with van der Waals surface area (Å²) in [5, 5.41) is 0. The first-order chi connectivity index (χ1) is 12.5. The van der Waals surface area contributed by atoms with Gasteiger partial charge in [0.1, 0.15) is 11.6 Å². The molecular formula is C20H26N4OS. The summed E-state index contributed by atoms with van der Waals surface area (Å²) in [5.74, 6) is 2.40. The number of hydrogen-bond acceptors (Lipinski definition) is 5. The first-order valence-electron chi connectivity index (χ1n) is 9.52. The minimum atomic E-state index is 0.200. The van der Waals surface area contributed by atoms with E-state index in [0.29, 0.717) is 5.92 Å². The first-order valence-corrected chi connectivity index (χ1v) is 10.3. The van der Waals surface area contributed by atoms with Gasteiger partial charge in [0.25, 0.3) is 5.91 Å². The maximum atomic E-state index is 12.8. The lowest BCUT2D eigenvalue weighted by molar-refractivity contribution is 0.0751. The zero-order valence-corrected chi connectivity index (χ0v) is 16.6. The van der Waals surface area contributed by atoms with E-state index in [9.17, 15) is 4.79 Å². The second-order valence-electron chi connectivity index (χ2n) is 7.57.